The van der Waals surface area contributed by atoms with Crippen LogP contribution in [0, 0.1) is 17.0 Å². The van der Waals surface area contributed by atoms with Crippen LogP contribution in [0.1, 0.15) is 32.9 Å². The minimum Gasteiger partial charge on any atom is -0.327 e. The van der Waals surface area contributed by atoms with Crippen molar-refractivity contribution in [3.05, 3.63) is 50.0 Å². The van der Waals surface area contributed by atoms with E-state index in [4.69, 9.17) is 5.73 Å². The average molecular weight is 332 g/mol. The normalized spacial score (nSPS) is 16.7. The van der Waals surface area contributed by atoms with Crippen molar-refractivity contribution in [2.75, 3.05) is 5.32 Å². The zero-order valence-electron chi connectivity index (χ0n) is 12.5. The molecule has 23 heavy (non-hydrogen) atoms. The van der Waals surface area contributed by atoms with Crippen molar-refractivity contribution in [1.29, 1.82) is 0 Å². The Balaban J connectivity index is 1.80. The Hall–Kier alpha value is -2.32. The van der Waals surface area contributed by atoms with Crippen LogP contribution in [0.15, 0.2) is 18.2 Å². The number of anilines is 1. The standard InChI is InChI=1S/C15H16N4O3S/c1-8-2-3-9(6-12(8)19(21)22)14(20)18-15-17-11-5-4-10(16)7-13(11)23-15/h2-3,6,10H,4-5,7,16H2,1H3,(H,17,18,20)/t10-/m0/s1. The predicted molar refractivity (Wildman–Crippen MR) is 87.9 cm³/mol. The van der Waals surface area contributed by atoms with Crippen molar-refractivity contribution in [3.8, 4) is 0 Å². The molecule has 2 aromatic rings. The summed E-state index contributed by atoms with van der Waals surface area (Å²) in [4.78, 5) is 28.3. The van der Waals surface area contributed by atoms with E-state index in [1.165, 1.54) is 17.4 Å². The monoisotopic (exact) mass is 332 g/mol. The summed E-state index contributed by atoms with van der Waals surface area (Å²) in [6.45, 7) is 1.64. The minimum atomic E-state index is -0.490. The number of thiazole rings is 1. The van der Waals surface area contributed by atoms with Crippen LogP contribution in [0.25, 0.3) is 0 Å². The number of amides is 1. The molecule has 0 bridgehead atoms. The van der Waals surface area contributed by atoms with Gasteiger partial charge >= 0.3 is 0 Å². The van der Waals surface area contributed by atoms with Gasteiger partial charge in [0.05, 0.1) is 10.6 Å². The number of carbonyl (C=O) groups is 1. The first-order valence-corrected chi connectivity index (χ1v) is 8.06. The Kier molecular flexibility index (Phi) is 4.10. The second-order valence-corrected chi connectivity index (χ2v) is 6.69. The van der Waals surface area contributed by atoms with Crippen molar-refractivity contribution < 1.29 is 9.72 Å². The Bertz CT molecular complexity index is 787. The highest BCUT2D eigenvalue weighted by Crippen LogP contribution is 2.29. The molecule has 1 aromatic carbocycles. The summed E-state index contributed by atoms with van der Waals surface area (Å²) in [5.41, 5.74) is 7.62. The van der Waals surface area contributed by atoms with Gasteiger partial charge in [-0.15, -0.1) is 11.3 Å². The Morgan fingerprint density at radius 2 is 2.30 bits per heavy atom. The van der Waals surface area contributed by atoms with Crippen LogP contribution in [0.3, 0.4) is 0 Å². The van der Waals surface area contributed by atoms with Crippen LogP contribution in [-0.2, 0) is 12.8 Å². The maximum absolute atomic E-state index is 12.3. The van der Waals surface area contributed by atoms with Crippen LogP contribution in [0.2, 0.25) is 0 Å². The molecule has 0 fully saturated rings. The first-order chi connectivity index (χ1) is 10.9. The number of hydrogen-bond donors (Lipinski definition) is 2. The maximum Gasteiger partial charge on any atom is 0.273 e. The molecule has 3 N–H and O–H groups in total. The van der Waals surface area contributed by atoms with Gasteiger partial charge in [-0.3, -0.25) is 20.2 Å². The molecular weight excluding hydrogens is 316 g/mol. The van der Waals surface area contributed by atoms with E-state index in [9.17, 15) is 14.9 Å². The van der Waals surface area contributed by atoms with Gasteiger partial charge in [0.15, 0.2) is 5.13 Å². The molecule has 0 spiro atoms. The van der Waals surface area contributed by atoms with E-state index in [2.05, 4.69) is 10.3 Å². The number of benzene rings is 1. The number of fused-ring (bicyclic) bond motifs is 1. The molecule has 1 atom stereocenters. The molecule has 0 saturated carbocycles. The van der Waals surface area contributed by atoms with Crippen molar-refractivity contribution in [1.82, 2.24) is 4.98 Å². The topological polar surface area (TPSA) is 111 Å². The molecule has 1 amide bonds. The van der Waals surface area contributed by atoms with Crippen LogP contribution in [0.5, 0.6) is 0 Å². The van der Waals surface area contributed by atoms with E-state index in [0.717, 1.165) is 29.8 Å². The lowest BCUT2D eigenvalue weighted by atomic mass is 9.99. The number of carbonyl (C=O) groups excluding carboxylic acids is 1. The zero-order chi connectivity index (χ0) is 16.6. The van der Waals surface area contributed by atoms with E-state index >= 15 is 0 Å². The fourth-order valence-electron chi connectivity index (χ4n) is 2.57. The second kappa shape index (κ2) is 6.05. The minimum absolute atomic E-state index is 0.0675. The van der Waals surface area contributed by atoms with Gasteiger partial charge < -0.3 is 5.73 Å². The highest BCUT2D eigenvalue weighted by Gasteiger charge is 2.21. The van der Waals surface area contributed by atoms with Crippen LogP contribution in [0.4, 0.5) is 10.8 Å². The number of nitrogens with zero attached hydrogens (tertiary/aromatic N) is 2. The molecule has 8 heteroatoms. The average Bonchev–Trinajstić information content (AvgIpc) is 2.88. The molecule has 1 aromatic heterocycles. The number of hydrogen-bond acceptors (Lipinski definition) is 6. The molecule has 1 aliphatic rings. The summed E-state index contributed by atoms with van der Waals surface area (Å²) in [5.74, 6) is -0.400. The van der Waals surface area contributed by atoms with Crippen molar-refractivity contribution in [2.45, 2.75) is 32.2 Å². The zero-order valence-corrected chi connectivity index (χ0v) is 13.4. The number of nitro benzene ring substituents is 1. The summed E-state index contributed by atoms with van der Waals surface area (Å²) in [6, 6.07) is 4.57. The van der Waals surface area contributed by atoms with Crippen molar-refractivity contribution >= 4 is 28.1 Å². The molecular formula is C15H16N4O3S. The Morgan fingerprint density at radius 1 is 1.52 bits per heavy atom. The first kappa shape index (κ1) is 15.6. The van der Waals surface area contributed by atoms with E-state index in [1.807, 2.05) is 0 Å². The molecule has 0 aliphatic heterocycles. The molecule has 0 unspecified atom stereocenters. The van der Waals surface area contributed by atoms with E-state index in [0.29, 0.717) is 10.7 Å². The fraction of sp³-hybridized carbons (Fsp3) is 0.333. The summed E-state index contributed by atoms with van der Waals surface area (Å²) < 4.78 is 0. The summed E-state index contributed by atoms with van der Waals surface area (Å²) in [5, 5.41) is 14.2. The smallest absolute Gasteiger partial charge is 0.273 e. The van der Waals surface area contributed by atoms with Gasteiger partial charge in [-0.2, -0.15) is 0 Å². The lowest BCUT2D eigenvalue weighted by molar-refractivity contribution is -0.385. The van der Waals surface area contributed by atoms with Gasteiger partial charge in [0, 0.05) is 28.1 Å². The molecule has 3 rings (SSSR count). The quantitative estimate of drug-likeness (QED) is 0.662. The summed E-state index contributed by atoms with van der Waals surface area (Å²) in [6.07, 6.45) is 2.49. The summed E-state index contributed by atoms with van der Waals surface area (Å²) in [7, 11) is 0. The van der Waals surface area contributed by atoms with E-state index in [1.54, 1.807) is 19.1 Å². The van der Waals surface area contributed by atoms with Gasteiger partial charge in [0.25, 0.3) is 11.6 Å². The lowest BCUT2D eigenvalue weighted by Gasteiger charge is -2.15. The van der Waals surface area contributed by atoms with Crippen LogP contribution in [-0.4, -0.2) is 21.9 Å². The summed E-state index contributed by atoms with van der Waals surface area (Å²) >= 11 is 1.42. The van der Waals surface area contributed by atoms with E-state index in [-0.39, 0.29) is 17.3 Å². The third kappa shape index (κ3) is 3.22. The largest absolute Gasteiger partial charge is 0.327 e. The number of nitrogens with two attached hydrogens (primary N) is 1. The van der Waals surface area contributed by atoms with Crippen molar-refractivity contribution in [3.63, 3.8) is 0 Å². The third-order valence-corrected chi connectivity index (χ3v) is 4.90. The second-order valence-electron chi connectivity index (χ2n) is 5.60. The third-order valence-electron chi connectivity index (χ3n) is 3.87. The van der Waals surface area contributed by atoms with Gasteiger partial charge in [-0.25, -0.2) is 4.98 Å². The Labute approximate surface area is 136 Å². The molecule has 7 nitrogen and oxygen atoms in total. The maximum atomic E-state index is 12.3. The van der Waals surface area contributed by atoms with Gasteiger partial charge in [-0.1, -0.05) is 6.07 Å². The molecule has 1 aliphatic carbocycles. The highest BCUT2D eigenvalue weighted by atomic mass is 32.1. The van der Waals surface area contributed by atoms with E-state index < -0.39 is 10.8 Å². The number of rotatable bonds is 3. The molecule has 0 saturated heterocycles. The van der Waals surface area contributed by atoms with Crippen LogP contribution >= 0.6 is 11.3 Å². The molecule has 120 valence electrons. The van der Waals surface area contributed by atoms with Crippen molar-refractivity contribution in [2.24, 2.45) is 5.73 Å². The van der Waals surface area contributed by atoms with Gasteiger partial charge in [0.2, 0.25) is 0 Å². The lowest BCUT2D eigenvalue weighted by Crippen LogP contribution is -2.27. The SMILES string of the molecule is Cc1ccc(C(=O)Nc2nc3c(s2)C[C@@H](N)CC3)cc1[N+](=O)[O-]. The predicted octanol–water partition coefficient (Wildman–Crippen LogP) is 2.43. The fourth-order valence-corrected chi connectivity index (χ4v) is 3.67. The molecule has 0 radical (unpaired) electrons. The number of aryl methyl sites for hydroxylation is 2. The van der Waals surface area contributed by atoms with Gasteiger partial charge in [0.1, 0.15) is 0 Å². The number of nitrogens with one attached hydrogen (secondary N) is 1. The number of nitro groups is 1. The highest BCUT2D eigenvalue weighted by molar-refractivity contribution is 7.15. The Morgan fingerprint density at radius 3 is 3.04 bits per heavy atom. The first-order valence-electron chi connectivity index (χ1n) is 7.24. The van der Waals surface area contributed by atoms with Crippen LogP contribution < -0.4 is 11.1 Å². The number of aromatic nitrogens is 1. The molecule has 1 heterocycles. The van der Waals surface area contributed by atoms with Gasteiger partial charge in [-0.05, 0) is 32.3 Å².